The molecule has 1 fully saturated rings. The number of thiophene rings is 1. The second-order valence-electron chi connectivity index (χ2n) is 7.61. The van der Waals surface area contributed by atoms with Crippen LogP contribution < -0.4 is 20.6 Å². The highest BCUT2D eigenvalue weighted by Crippen LogP contribution is 2.24. The average molecular weight is 597 g/mol. The maximum atomic E-state index is 13.3. The van der Waals surface area contributed by atoms with Gasteiger partial charge in [0.2, 0.25) is 0 Å². The fraction of sp³-hybridized carbons (Fsp3) is 0.364. The number of halogens is 5. The summed E-state index contributed by atoms with van der Waals surface area (Å²) in [5.41, 5.74) is 0.164. The molecule has 39 heavy (non-hydrogen) atoms. The number of anilines is 2. The van der Waals surface area contributed by atoms with E-state index < -0.39 is 50.1 Å². The predicted molar refractivity (Wildman–Crippen MR) is 130 cm³/mol. The van der Waals surface area contributed by atoms with Gasteiger partial charge in [0.15, 0.2) is 6.61 Å². The number of carbonyl (C=O) groups excluding carboxylic acids is 4. The van der Waals surface area contributed by atoms with Crippen LogP contribution in [0, 0.1) is 0 Å². The summed E-state index contributed by atoms with van der Waals surface area (Å²) in [4.78, 5) is 55.6. The molecule has 1 atom stereocenters. The number of nitrogens with one attached hydrogen (secondary N) is 2. The van der Waals surface area contributed by atoms with E-state index in [0.29, 0.717) is 10.0 Å². The highest BCUT2D eigenvalue weighted by Gasteiger charge is 2.32. The largest absolute Gasteiger partial charge is 0.443 e. The van der Waals surface area contributed by atoms with Gasteiger partial charge in [-0.3, -0.25) is 14.4 Å². The first-order valence-corrected chi connectivity index (χ1v) is 12.3. The minimum Gasteiger partial charge on any atom is -0.443 e. The first-order valence-electron chi connectivity index (χ1n) is 11.1. The molecule has 2 aromatic rings. The number of hydrogen-bond donors (Lipinski definition) is 2. The number of carbonyl (C=O) groups is 4. The van der Waals surface area contributed by atoms with Crippen molar-refractivity contribution < 1.29 is 51.1 Å². The van der Waals surface area contributed by atoms with E-state index in [1.807, 2.05) is 5.32 Å². The smallest absolute Gasteiger partial charge is 0.408 e. The lowest BCUT2D eigenvalue weighted by Crippen LogP contribution is -2.54. The maximum Gasteiger partial charge on any atom is 0.408 e. The summed E-state index contributed by atoms with van der Waals surface area (Å²) in [5, 5.41) is 4.46. The molecule has 0 aliphatic carbocycles. The monoisotopic (exact) mass is 596 g/mol. The molecule has 3 rings (SSSR count). The van der Waals surface area contributed by atoms with Crippen LogP contribution in [0.3, 0.4) is 0 Å². The van der Waals surface area contributed by atoms with Crippen LogP contribution in [0.25, 0.3) is 0 Å². The number of alkyl carbamates (subject to hydrolysis) is 1. The Hall–Kier alpha value is -3.47. The van der Waals surface area contributed by atoms with E-state index >= 15 is 0 Å². The Kier molecular flexibility index (Phi) is 10.8. The Morgan fingerprint density at radius 1 is 1.13 bits per heavy atom. The van der Waals surface area contributed by atoms with Gasteiger partial charge in [0.25, 0.3) is 24.1 Å². The summed E-state index contributed by atoms with van der Waals surface area (Å²) in [6.45, 7) is -5.07. The van der Waals surface area contributed by atoms with Gasteiger partial charge in [-0.25, -0.2) is 13.6 Å². The lowest BCUT2D eigenvalue weighted by Gasteiger charge is -2.28. The number of hydrogen-bond acceptors (Lipinski definition) is 8. The van der Waals surface area contributed by atoms with Gasteiger partial charge in [-0.05, 0) is 36.4 Å². The molecule has 0 saturated carbocycles. The van der Waals surface area contributed by atoms with Gasteiger partial charge in [0, 0.05) is 18.8 Å². The van der Waals surface area contributed by atoms with Crippen molar-refractivity contribution in [2.75, 3.05) is 42.9 Å². The predicted octanol–water partition coefficient (Wildman–Crippen LogP) is 3.04. The van der Waals surface area contributed by atoms with E-state index in [1.165, 1.54) is 41.3 Å². The van der Waals surface area contributed by atoms with E-state index in [-0.39, 0.29) is 41.3 Å². The molecule has 0 spiro atoms. The molecule has 1 saturated heterocycles. The van der Waals surface area contributed by atoms with Gasteiger partial charge in [0.1, 0.15) is 12.6 Å². The van der Waals surface area contributed by atoms with E-state index in [9.17, 15) is 36.7 Å². The fourth-order valence-electron chi connectivity index (χ4n) is 3.26. The van der Waals surface area contributed by atoms with Gasteiger partial charge in [-0.15, -0.1) is 11.3 Å². The minimum atomic E-state index is -3.50. The summed E-state index contributed by atoms with van der Waals surface area (Å²) in [6.07, 6.45) is -4.48. The summed E-state index contributed by atoms with van der Waals surface area (Å²) in [6, 6.07) is 6.18. The Balaban J connectivity index is 1.81. The van der Waals surface area contributed by atoms with Gasteiger partial charge in [0.05, 0.1) is 21.5 Å². The van der Waals surface area contributed by atoms with Crippen LogP contribution in [-0.2, 0) is 23.9 Å². The van der Waals surface area contributed by atoms with E-state index in [2.05, 4.69) is 14.9 Å². The van der Waals surface area contributed by atoms with Crippen LogP contribution >= 0.6 is 22.9 Å². The lowest BCUT2D eigenvalue weighted by molar-refractivity contribution is -0.160. The second kappa shape index (κ2) is 14.1. The molecule has 0 radical (unpaired) electrons. The number of hydroxylamine groups is 1. The molecular formula is C22H21ClF4N4O7S. The summed E-state index contributed by atoms with van der Waals surface area (Å²) in [7, 11) is 0. The quantitative estimate of drug-likeness (QED) is 0.302. The molecule has 1 aliphatic heterocycles. The number of ether oxygens (including phenoxy) is 2. The third kappa shape index (κ3) is 8.77. The maximum absolute atomic E-state index is 13.3. The van der Waals surface area contributed by atoms with Crippen molar-refractivity contribution in [1.82, 2.24) is 10.6 Å². The molecule has 17 heteroatoms. The van der Waals surface area contributed by atoms with Crippen LogP contribution in [0.1, 0.15) is 9.67 Å². The first-order chi connectivity index (χ1) is 18.5. The van der Waals surface area contributed by atoms with Crippen LogP contribution in [0.5, 0.6) is 0 Å². The molecule has 2 N–H and O–H groups in total. The standard InChI is InChI=1S/C22H21ClF4N4O7S/c23-16-6-5-15(39-16)19(33)28-9-14(29-22(35)37-10-17(24)25)20(34)31(38-21(26)27)13-3-1-12(2-4-13)30-7-8-36-11-18(30)32/h1-6,14,17,21H,7-11H2,(H,28,33)(H,29,35)/t14-/m0/s1. The second-order valence-corrected chi connectivity index (χ2v) is 9.33. The zero-order valence-electron chi connectivity index (χ0n) is 19.8. The molecular weight excluding hydrogens is 576 g/mol. The van der Waals surface area contributed by atoms with Gasteiger partial charge < -0.3 is 25.0 Å². The number of benzene rings is 1. The molecule has 212 valence electrons. The van der Waals surface area contributed by atoms with Crippen LogP contribution in [0.2, 0.25) is 4.34 Å². The minimum absolute atomic E-state index is 0.139. The molecule has 1 aromatic heterocycles. The SMILES string of the molecule is O=C(N[C@@H](CNC(=O)c1ccc(Cl)s1)C(=O)N(OC(F)F)c1ccc(N2CCOCC2=O)cc1)OCC(F)F. The number of nitrogens with zero attached hydrogens (tertiary/aromatic N) is 2. The fourth-order valence-corrected chi connectivity index (χ4v) is 4.22. The summed E-state index contributed by atoms with van der Waals surface area (Å²) in [5.74, 6) is -2.35. The zero-order valence-corrected chi connectivity index (χ0v) is 21.4. The third-order valence-corrected chi connectivity index (χ3v) is 6.19. The Bertz CT molecular complexity index is 1170. The van der Waals surface area contributed by atoms with Gasteiger partial charge >= 0.3 is 12.7 Å². The number of rotatable bonds is 11. The normalized spacial score (nSPS) is 14.3. The van der Waals surface area contributed by atoms with Crippen molar-refractivity contribution in [2.24, 2.45) is 0 Å². The molecule has 1 aromatic carbocycles. The van der Waals surface area contributed by atoms with Crippen molar-refractivity contribution in [1.29, 1.82) is 0 Å². The average Bonchev–Trinajstić information content (AvgIpc) is 3.34. The Morgan fingerprint density at radius 3 is 2.44 bits per heavy atom. The van der Waals surface area contributed by atoms with E-state index in [4.69, 9.17) is 16.3 Å². The molecule has 4 amide bonds. The summed E-state index contributed by atoms with van der Waals surface area (Å²) < 4.78 is 61.1. The number of amides is 4. The number of alkyl halides is 4. The zero-order chi connectivity index (χ0) is 28.5. The lowest BCUT2D eigenvalue weighted by atomic mass is 10.2. The van der Waals surface area contributed by atoms with Crippen molar-refractivity contribution in [3.63, 3.8) is 0 Å². The van der Waals surface area contributed by atoms with Crippen molar-refractivity contribution >= 4 is 58.1 Å². The van der Waals surface area contributed by atoms with E-state index in [0.717, 1.165) is 11.3 Å². The highest BCUT2D eigenvalue weighted by atomic mass is 35.5. The first kappa shape index (κ1) is 30.1. The van der Waals surface area contributed by atoms with E-state index in [1.54, 1.807) is 0 Å². The van der Waals surface area contributed by atoms with Gasteiger partial charge in [-0.1, -0.05) is 11.6 Å². The third-order valence-electron chi connectivity index (χ3n) is 4.96. The van der Waals surface area contributed by atoms with Crippen molar-refractivity contribution in [3.8, 4) is 0 Å². The highest BCUT2D eigenvalue weighted by molar-refractivity contribution is 7.18. The van der Waals surface area contributed by atoms with Crippen molar-refractivity contribution in [3.05, 3.63) is 45.6 Å². The number of morpholine rings is 1. The van der Waals surface area contributed by atoms with Crippen LogP contribution in [-0.4, -0.2) is 75.8 Å². The molecule has 2 heterocycles. The van der Waals surface area contributed by atoms with Crippen molar-refractivity contribution in [2.45, 2.75) is 19.1 Å². The topological polar surface area (TPSA) is 127 Å². The Labute approximate surface area is 227 Å². The van der Waals surface area contributed by atoms with Gasteiger partial charge in [-0.2, -0.15) is 18.7 Å². The molecule has 1 aliphatic rings. The Morgan fingerprint density at radius 2 is 1.85 bits per heavy atom. The molecule has 0 unspecified atom stereocenters. The molecule has 0 bridgehead atoms. The summed E-state index contributed by atoms with van der Waals surface area (Å²) >= 11 is 6.71. The van der Waals surface area contributed by atoms with Crippen LogP contribution in [0.4, 0.5) is 33.7 Å². The van der Waals surface area contributed by atoms with Crippen LogP contribution in [0.15, 0.2) is 36.4 Å². The molecule has 11 nitrogen and oxygen atoms in total.